The monoisotopic (exact) mass is 309 g/mol. The Morgan fingerprint density at radius 2 is 1.68 bits per heavy atom. The first-order valence-electron chi connectivity index (χ1n) is 6.94. The van der Waals surface area contributed by atoms with Gasteiger partial charge in [-0.25, -0.2) is 4.98 Å². The summed E-state index contributed by atoms with van der Waals surface area (Å²) >= 11 is 1.51. The van der Waals surface area contributed by atoms with Gasteiger partial charge in [-0.3, -0.25) is 4.79 Å². The van der Waals surface area contributed by atoms with E-state index in [1.54, 1.807) is 0 Å². The van der Waals surface area contributed by atoms with Crippen molar-refractivity contribution >= 4 is 17.7 Å². The molecule has 0 N–H and O–H groups in total. The number of carbonyl (C=O) groups is 1. The number of hydrogen-bond acceptors (Lipinski definition) is 4. The van der Waals surface area contributed by atoms with Crippen LogP contribution >= 0.6 is 11.8 Å². The molecule has 0 atom stereocenters. The predicted molar refractivity (Wildman–Crippen MR) is 87.8 cm³/mol. The molecule has 22 heavy (non-hydrogen) atoms. The largest absolute Gasteiger partial charge is 0.273 e. The molecule has 1 heterocycles. The highest BCUT2D eigenvalue weighted by molar-refractivity contribution is 7.98. The van der Waals surface area contributed by atoms with Gasteiger partial charge in [0.25, 0.3) is 0 Å². The minimum atomic E-state index is -0.134. The van der Waals surface area contributed by atoms with Gasteiger partial charge < -0.3 is 0 Å². The van der Waals surface area contributed by atoms with Gasteiger partial charge in [-0.2, -0.15) is 4.68 Å². The standard InChI is InChI=1S/C17H15N3OS/c1-13(21)20-17(22-12-14-8-4-2-5-9-14)18-16(19-20)15-10-6-3-7-11-15/h2-11H,12H2,1H3. The van der Waals surface area contributed by atoms with Crippen LogP contribution in [-0.2, 0) is 5.75 Å². The molecular weight excluding hydrogens is 294 g/mol. The zero-order valence-corrected chi connectivity index (χ0v) is 13.0. The van der Waals surface area contributed by atoms with Crippen molar-refractivity contribution in [3.63, 3.8) is 0 Å². The van der Waals surface area contributed by atoms with E-state index in [4.69, 9.17) is 0 Å². The third-order valence-corrected chi connectivity index (χ3v) is 4.12. The molecule has 0 saturated heterocycles. The molecule has 0 aliphatic heterocycles. The van der Waals surface area contributed by atoms with Crippen molar-refractivity contribution in [3.05, 3.63) is 66.2 Å². The lowest BCUT2D eigenvalue weighted by atomic mass is 10.2. The highest BCUT2D eigenvalue weighted by Crippen LogP contribution is 2.24. The summed E-state index contributed by atoms with van der Waals surface area (Å²) in [5.41, 5.74) is 2.09. The van der Waals surface area contributed by atoms with Gasteiger partial charge in [0.2, 0.25) is 5.91 Å². The molecule has 2 aromatic carbocycles. The van der Waals surface area contributed by atoms with E-state index >= 15 is 0 Å². The minimum Gasteiger partial charge on any atom is -0.273 e. The average Bonchev–Trinajstić information content (AvgIpc) is 2.99. The first kappa shape index (κ1) is 14.5. The Balaban J connectivity index is 1.86. The molecule has 0 radical (unpaired) electrons. The lowest BCUT2D eigenvalue weighted by Crippen LogP contribution is -2.09. The van der Waals surface area contributed by atoms with Crippen LogP contribution in [0.2, 0.25) is 0 Å². The maximum Gasteiger partial charge on any atom is 0.246 e. The van der Waals surface area contributed by atoms with E-state index in [0.717, 1.165) is 11.3 Å². The second kappa shape index (κ2) is 6.58. The fourth-order valence-corrected chi connectivity index (χ4v) is 2.96. The van der Waals surface area contributed by atoms with Crippen LogP contribution in [0.15, 0.2) is 65.8 Å². The zero-order chi connectivity index (χ0) is 15.4. The van der Waals surface area contributed by atoms with Gasteiger partial charge in [-0.1, -0.05) is 72.4 Å². The van der Waals surface area contributed by atoms with Gasteiger partial charge in [-0.05, 0) is 5.56 Å². The van der Waals surface area contributed by atoms with Crippen molar-refractivity contribution in [3.8, 4) is 11.4 Å². The minimum absolute atomic E-state index is 0.134. The summed E-state index contributed by atoms with van der Waals surface area (Å²) in [6.07, 6.45) is 0. The summed E-state index contributed by atoms with van der Waals surface area (Å²) in [7, 11) is 0. The van der Waals surface area contributed by atoms with Gasteiger partial charge in [-0.15, -0.1) is 5.10 Å². The molecule has 0 fully saturated rings. The van der Waals surface area contributed by atoms with Crippen LogP contribution in [0.3, 0.4) is 0 Å². The SMILES string of the molecule is CC(=O)n1nc(-c2ccccc2)nc1SCc1ccccc1. The predicted octanol–water partition coefficient (Wildman–Crippen LogP) is 3.90. The fraction of sp³-hybridized carbons (Fsp3) is 0.118. The molecule has 0 spiro atoms. The molecule has 3 aromatic rings. The number of hydrogen-bond donors (Lipinski definition) is 0. The molecular formula is C17H15N3OS. The average molecular weight is 309 g/mol. The lowest BCUT2D eigenvalue weighted by molar-refractivity contribution is 0.0909. The van der Waals surface area contributed by atoms with Gasteiger partial charge >= 0.3 is 0 Å². The summed E-state index contributed by atoms with van der Waals surface area (Å²) in [5, 5.41) is 4.95. The summed E-state index contributed by atoms with van der Waals surface area (Å²) in [6.45, 7) is 1.50. The number of aromatic nitrogens is 3. The molecule has 3 rings (SSSR count). The van der Waals surface area contributed by atoms with Crippen LogP contribution in [0.4, 0.5) is 0 Å². The molecule has 0 unspecified atom stereocenters. The maximum atomic E-state index is 11.8. The van der Waals surface area contributed by atoms with E-state index in [9.17, 15) is 4.79 Å². The number of benzene rings is 2. The topological polar surface area (TPSA) is 47.8 Å². The Morgan fingerprint density at radius 3 is 2.32 bits per heavy atom. The van der Waals surface area contributed by atoms with Crippen LogP contribution in [0.25, 0.3) is 11.4 Å². The summed E-state index contributed by atoms with van der Waals surface area (Å²) in [6, 6.07) is 19.8. The van der Waals surface area contributed by atoms with Crippen LogP contribution in [0, 0.1) is 0 Å². The van der Waals surface area contributed by atoms with Gasteiger partial charge in [0, 0.05) is 18.2 Å². The van der Waals surface area contributed by atoms with Gasteiger partial charge in [0.15, 0.2) is 11.0 Å². The number of carbonyl (C=O) groups excluding carboxylic acids is 1. The third kappa shape index (κ3) is 3.26. The second-order valence-corrected chi connectivity index (χ2v) is 5.73. The number of thioether (sulfide) groups is 1. The lowest BCUT2D eigenvalue weighted by Gasteiger charge is -2.01. The van der Waals surface area contributed by atoms with Crippen molar-refractivity contribution in [1.82, 2.24) is 14.8 Å². The van der Waals surface area contributed by atoms with Crippen LogP contribution in [0.1, 0.15) is 17.3 Å². The quantitative estimate of drug-likeness (QED) is 0.686. The second-order valence-electron chi connectivity index (χ2n) is 4.79. The van der Waals surface area contributed by atoms with Crippen LogP contribution < -0.4 is 0 Å². The highest BCUT2D eigenvalue weighted by Gasteiger charge is 2.14. The molecule has 0 bridgehead atoms. The van der Waals surface area contributed by atoms with E-state index in [0.29, 0.717) is 11.0 Å². The molecule has 0 saturated carbocycles. The molecule has 0 amide bonds. The summed E-state index contributed by atoms with van der Waals surface area (Å²) in [5.74, 6) is 1.19. The van der Waals surface area contributed by atoms with E-state index in [1.165, 1.54) is 28.9 Å². The fourth-order valence-electron chi connectivity index (χ4n) is 2.03. The smallest absolute Gasteiger partial charge is 0.246 e. The summed E-state index contributed by atoms with van der Waals surface area (Å²) in [4.78, 5) is 16.3. The first-order valence-corrected chi connectivity index (χ1v) is 7.93. The Kier molecular flexibility index (Phi) is 4.34. The Bertz CT molecular complexity index is 769. The van der Waals surface area contributed by atoms with Crippen molar-refractivity contribution in [2.75, 3.05) is 0 Å². The van der Waals surface area contributed by atoms with Gasteiger partial charge in [0.1, 0.15) is 0 Å². The molecule has 0 aliphatic rings. The normalized spacial score (nSPS) is 10.6. The van der Waals surface area contributed by atoms with Crippen molar-refractivity contribution in [2.45, 2.75) is 17.8 Å². The van der Waals surface area contributed by atoms with Gasteiger partial charge in [0.05, 0.1) is 0 Å². The molecule has 1 aromatic heterocycles. The number of rotatable bonds is 4. The molecule has 110 valence electrons. The van der Waals surface area contributed by atoms with Crippen LogP contribution in [-0.4, -0.2) is 20.7 Å². The van der Waals surface area contributed by atoms with Crippen molar-refractivity contribution in [1.29, 1.82) is 0 Å². The molecule has 5 heteroatoms. The molecule has 4 nitrogen and oxygen atoms in total. The Hall–Kier alpha value is -2.40. The van der Waals surface area contributed by atoms with Crippen molar-refractivity contribution in [2.24, 2.45) is 0 Å². The summed E-state index contributed by atoms with van der Waals surface area (Å²) < 4.78 is 1.37. The Morgan fingerprint density at radius 1 is 1.05 bits per heavy atom. The van der Waals surface area contributed by atoms with Crippen LogP contribution in [0.5, 0.6) is 0 Å². The maximum absolute atomic E-state index is 11.8. The van der Waals surface area contributed by atoms with E-state index < -0.39 is 0 Å². The van der Waals surface area contributed by atoms with E-state index in [1.807, 2.05) is 48.5 Å². The molecule has 0 aliphatic carbocycles. The highest BCUT2D eigenvalue weighted by atomic mass is 32.2. The van der Waals surface area contributed by atoms with E-state index in [2.05, 4.69) is 22.2 Å². The zero-order valence-electron chi connectivity index (χ0n) is 12.1. The third-order valence-electron chi connectivity index (χ3n) is 3.12. The van der Waals surface area contributed by atoms with Crippen molar-refractivity contribution < 1.29 is 4.79 Å². The van der Waals surface area contributed by atoms with E-state index in [-0.39, 0.29) is 5.91 Å². The first-order chi connectivity index (χ1) is 10.7. The Labute approximate surface area is 133 Å². The number of nitrogens with zero attached hydrogens (tertiary/aromatic N) is 3.